The topological polar surface area (TPSA) is 62.6 Å². The highest BCUT2D eigenvalue weighted by Gasteiger charge is 2.28. The average molecular weight is 310 g/mol. The molecule has 1 aromatic carbocycles. The molecule has 2 aromatic rings. The first kappa shape index (κ1) is 14.1. The van der Waals surface area contributed by atoms with E-state index in [1.165, 1.54) is 6.26 Å². The molecule has 5 heteroatoms. The molecule has 2 aliphatic rings. The fourth-order valence-corrected chi connectivity index (χ4v) is 3.12. The van der Waals surface area contributed by atoms with E-state index in [4.69, 9.17) is 4.42 Å². The van der Waals surface area contributed by atoms with Crippen LogP contribution >= 0.6 is 0 Å². The SMILES string of the molecule is O=C(Nc1ccc2c(c1)N(C(=O)c1ccco1)CC2)C1CCC1. The Morgan fingerprint density at radius 1 is 1.22 bits per heavy atom. The summed E-state index contributed by atoms with van der Waals surface area (Å²) in [5.74, 6) is 0.417. The normalized spacial score (nSPS) is 16.8. The molecule has 1 fully saturated rings. The van der Waals surface area contributed by atoms with E-state index in [1.54, 1.807) is 17.0 Å². The molecule has 1 saturated carbocycles. The first-order chi connectivity index (χ1) is 11.2. The lowest BCUT2D eigenvalue weighted by Gasteiger charge is -2.24. The van der Waals surface area contributed by atoms with Crippen molar-refractivity contribution in [2.24, 2.45) is 5.92 Å². The summed E-state index contributed by atoms with van der Waals surface area (Å²) in [5, 5.41) is 2.97. The van der Waals surface area contributed by atoms with Crippen LogP contribution in [0.25, 0.3) is 0 Å². The van der Waals surface area contributed by atoms with Gasteiger partial charge in [-0.1, -0.05) is 12.5 Å². The minimum atomic E-state index is -0.142. The van der Waals surface area contributed by atoms with Gasteiger partial charge in [-0.05, 0) is 49.1 Å². The van der Waals surface area contributed by atoms with Crippen LogP contribution in [-0.4, -0.2) is 18.4 Å². The van der Waals surface area contributed by atoms with Crippen molar-refractivity contribution in [3.8, 4) is 0 Å². The third-order valence-electron chi connectivity index (χ3n) is 4.70. The summed E-state index contributed by atoms with van der Waals surface area (Å²) in [4.78, 5) is 26.3. The summed E-state index contributed by atoms with van der Waals surface area (Å²) >= 11 is 0. The molecule has 118 valence electrons. The van der Waals surface area contributed by atoms with Gasteiger partial charge < -0.3 is 14.6 Å². The van der Waals surface area contributed by atoms with Gasteiger partial charge in [-0.3, -0.25) is 9.59 Å². The zero-order valence-electron chi connectivity index (χ0n) is 12.7. The lowest BCUT2D eigenvalue weighted by molar-refractivity contribution is -0.122. The molecule has 5 nitrogen and oxygen atoms in total. The van der Waals surface area contributed by atoms with E-state index >= 15 is 0 Å². The average Bonchev–Trinajstić information content (AvgIpc) is 3.14. The Bertz CT molecular complexity index is 748. The molecule has 23 heavy (non-hydrogen) atoms. The number of carbonyl (C=O) groups excluding carboxylic acids is 2. The second kappa shape index (κ2) is 5.57. The second-order valence-corrected chi connectivity index (χ2v) is 6.14. The van der Waals surface area contributed by atoms with Crippen LogP contribution in [0.15, 0.2) is 41.0 Å². The molecular formula is C18H18N2O3. The minimum absolute atomic E-state index is 0.0816. The molecule has 1 N–H and O–H groups in total. The minimum Gasteiger partial charge on any atom is -0.459 e. The third-order valence-corrected chi connectivity index (χ3v) is 4.70. The van der Waals surface area contributed by atoms with Gasteiger partial charge in [0.15, 0.2) is 5.76 Å². The van der Waals surface area contributed by atoms with Gasteiger partial charge in [0.25, 0.3) is 5.91 Å². The number of nitrogens with zero attached hydrogens (tertiary/aromatic N) is 1. The molecule has 0 spiro atoms. The molecule has 2 heterocycles. The summed E-state index contributed by atoms with van der Waals surface area (Å²) in [6.45, 7) is 0.634. The smallest absolute Gasteiger partial charge is 0.293 e. The van der Waals surface area contributed by atoms with E-state index in [9.17, 15) is 9.59 Å². The summed E-state index contributed by atoms with van der Waals surface area (Å²) < 4.78 is 5.21. The van der Waals surface area contributed by atoms with Crippen molar-refractivity contribution in [1.82, 2.24) is 0 Å². The molecule has 1 aliphatic heterocycles. The number of nitrogens with one attached hydrogen (secondary N) is 1. The van der Waals surface area contributed by atoms with Crippen LogP contribution in [0.1, 0.15) is 35.4 Å². The number of benzene rings is 1. The Morgan fingerprint density at radius 3 is 2.78 bits per heavy atom. The summed E-state index contributed by atoms with van der Waals surface area (Å²) in [5.41, 5.74) is 2.73. The summed E-state index contributed by atoms with van der Waals surface area (Å²) in [6, 6.07) is 9.17. The van der Waals surface area contributed by atoms with Gasteiger partial charge in [-0.15, -0.1) is 0 Å². The van der Waals surface area contributed by atoms with E-state index in [0.29, 0.717) is 12.3 Å². The first-order valence-electron chi connectivity index (χ1n) is 8.01. The van der Waals surface area contributed by atoms with Crippen molar-refractivity contribution in [3.63, 3.8) is 0 Å². The lowest BCUT2D eigenvalue weighted by atomic mass is 9.85. The van der Waals surface area contributed by atoms with Crippen LogP contribution in [0.4, 0.5) is 11.4 Å². The molecule has 2 amide bonds. The van der Waals surface area contributed by atoms with Crippen molar-refractivity contribution in [3.05, 3.63) is 47.9 Å². The summed E-state index contributed by atoms with van der Waals surface area (Å²) in [7, 11) is 0. The maximum Gasteiger partial charge on any atom is 0.293 e. The molecule has 0 unspecified atom stereocenters. The predicted octanol–water partition coefficient (Wildman–Crippen LogP) is 3.22. The van der Waals surface area contributed by atoms with E-state index in [2.05, 4.69) is 5.32 Å². The first-order valence-corrected chi connectivity index (χ1v) is 8.01. The summed E-state index contributed by atoms with van der Waals surface area (Å²) in [6.07, 6.45) is 5.39. The quantitative estimate of drug-likeness (QED) is 0.946. The van der Waals surface area contributed by atoms with E-state index in [1.807, 2.05) is 18.2 Å². The molecule has 0 radical (unpaired) electrons. The van der Waals surface area contributed by atoms with Crippen LogP contribution in [-0.2, 0) is 11.2 Å². The number of hydrogen-bond acceptors (Lipinski definition) is 3. The van der Waals surface area contributed by atoms with E-state index in [0.717, 1.165) is 42.6 Å². The zero-order valence-corrected chi connectivity index (χ0v) is 12.7. The molecule has 1 aromatic heterocycles. The Labute approximate surface area is 134 Å². The van der Waals surface area contributed by atoms with Crippen molar-refractivity contribution < 1.29 is 14.0 Å². The van der Waals surface area contributed by atoms with Crippen molar-refractivity contribution >= 4 is 23.2 Å². The number of rotatable bonds is 3. The zero-order chi connectivity index (χ0) is 15.8. The van der Waals surface area contributed by atoms with Crippen LogP contribution in [0.3, 0.4) is 0 Å². The highest BCUT2D eigenvalue weighted by Crippen LogP contribution is 2.33. The van der Waals surface area contributed by atoms with Gasteiger partial charge in [0, 0.05) is 23.8 Å². The van der Waals surface area contributed by atoms with Crippen molar-refractivity contribution in [1.29, 1.82) is 0 Å². The number of amides is 2. The number of anilines is 2. The number of furan rings is 1. The van der Waals surface area contributed by atoms with Gasteiger partial charge in [-0.2, -0.15) is 0 Å². The van der Waals surface area contributed by atoms with Gasteiger partial charge >= 0.3 is 0 Å². The number of carbonyl (C=O) groups is 2. The van der Waals surface area contributed by atoms with Crippen molar-refractivity contribution in [2.75, 3.05) is 16.8 Å². The second-order valence-electron chi connectivity index (χ2n) is 6.14. The monoisotopic (exact) mass is 310 g/mol. The fraction of sp³-hybridized carbons (Fsp3) is 0.333. The van der Waals surface area contributed by atoms with Crippen molar-refractivity contribution in [2.45, 2.75) is 25.7 Å². The molecule has 1 aliphatic carbocycles. The largest absolute Gasteiger partial charge is 0.459 e. The molecule has 0 atom stereocenters. The Balaban J connectivity index is 1.56. The molecule has 0 bridgehead atoms. The highest BCUT2D eigenvalue weighted by atomic mass is 16.3. The lowest BCUT2D eigenvalue weighted by Crippen LogP contribution is -2.29. The van der Waals surface area contributed by atoms with Gasteiger partial charge in [0.05, 0.1) is 6.26 Å². The van der Waals surface area contributed by atoms with Gasteiger partial charge in [0.1, 0.15) is 0 Å². The fourth-order valence-electron chi connectivity index (χ4n) is 3.12. The van der Waals surface area contributed by atoms with E-state index in [-0.39, 0.29) is 17.7 Å². The Hall–Kier alpha value is -2.56. The van der Waals surface area contributed by atoms with Crippen LogP contribution in [0.2, 0.25) is 0 Å². The Kier molecular flexibility index (Phi) is 3.41. The maximum absolute atomic E-state index is 12.5. The highest BCUT2D eigenvalue weighted by molar-refractivity contribution is 6.06. The molecule has 0 saturated heterocycles. The molecular weight excluding hydrogens is 292 g/mol. The number of fused-ring (bicyclic) bond motifs is 1. The molecule has 4 rings (SSSR count). The maximum atomic E-state index is 12.5. The van der Waals surface area contributed by atoms with Crippen LogP contribution < -0.4 is 10.2 Å². The van der Waals surface area contributed by atoms with Crippen LogP contribution in [0, 0.1) is 5.92 Å². The van der Waals surface area contributed by atoms with Gasteiger partial charge in [0.2, 0.25) is 5.91 Å². The standard InChI is InChI=1S/C18H18N2O3/c21-17(13-3-1-4-13)19-14-7-6-12-8-9-20(15(12)11-14)18(22)16-5-2-10-23-16/h2,5-7,10-11,13H,1,3-4,8-9H2,(H,19,21). The predicted molar refractivity (Wildman–Crippen MR) is 86.5 cm³/mol. The van der Waals surface area contributed by atoms with Gasteiger partial charge in [-0.25, -0.2) is 0 Å². The number of hydrogen-bond donors (Lipinski definition) is 1. The van der Waals surface area contributed by atoms with E-state index < -0.39 is 0 Å². The van der Waals surface area contributed by atoms with Crippen LogP contribution in [0.5, 0.6) is 0 Å². The third kappa shape index (κ3) is 2.52. The Morgan fingerprint density at radius 2 is 2.09 bits per heavy atom.